The number of carbonyl (C=O) groups excluding carboxylic acids is 2. The summed E-state index contributed by atoms with van der Waals surface area (Å²) in [5.41, 5.74) is 1.16. The number of amides is 1. The van der Waals surface area contributed by atoms with Crippen LogP contribution in [0, 0.1) is 0 Å². The number of methoxy groups -OCH3 is 1. The van der Waals surface area contributed by atoms with Crippen molar-refractivity contribution < 1.29 is 19.1 Å². The van der Waals surface area contributed by atoms with E-state index in [1.54, 1.807) is 0 Å². The molecule has 1 N–H and O–H groups in total. The summed E-state index contributed by atoms with van der Waals surface area (Å²) in [6, 6.07) is 0. The highest BCUT2D eigenvalue weighted by molar-refractivity contribution is 7.17. The molecule has 1 aliphatic carbocycles. The zero-order valence-electron chi connectivity index (χ0n) is 12.9. The predicted molar refractivity (Wildman–Crippen MR) is 82.0 cm³/mol. The van der Waals surface area contributed by atoms with Gasteiger partial charge in [0.15, 0.2) is 0 Å². The largest absolute Gasteiger partial charge is 0.465 e. The number of thiophene rings is 1. The van der Waals surface area contributed by atoms with Gasteiger partial charge in [-0.05, 0) is 45.6 Å². The lowest BCUT2D eigenvalue weighted by atomic mass is 10.1. The van der Waals surface area contributed by atoms with Crippen LogP contribution in [0.3, 0.4) is 0 Å². The van der Waals surface area contributed by atoms with E-state index in [0.29, 0.717) is 10.6 Å². The first-order valence-corrected chi connectivity index (χ1v) is 7.80. The van der Waals surface area contributed by atoms with Gasteiger partial charge in [0.05, 0.1) is 18.3 Å². The molecule has 0 aromatic carbocycles. The topological polar surface area (TPSA) is 64.6 Å². The maximum absolute atomic E-state index is 12.0. The second kappa shape index (κ2) is 6.15. The van der Waals surface area contributed by atoms with Crippen LogP contribution in [0.1, 0.15) is 48.0 Å². The van der Waals surface area contributed by atoms with E-state index in [2.05, 4.69) is 5.32 Å². The average Bonchev–Trinajstić information content (AvgIpc) is 2.95. The van der Waals surface area contributed by atoms with Crippen molar-refractivity contribution in [3.05, 3.63) is 16.0 Å². The second-order valence-electron chi connectivity index (χ2n) is 6.00. The molecule has 1 heterocycles. The van der Waals surface area contributed by atoms with Gasteiger partial charge < -0.3 is 14.8 Å². The fourth-order valence-electron chi connectivity index (χ4n) is 2.26. The first-order chi connectivity index (χ1) is 9.81. The van der Waals surface area contributed by atoms with Crippen LogP contribution < -0.4 is 5.32 Å². The quantitative estimate of drug-likeness (QED) is 0.868. The number of esters is 1. The van der Waals surface area contributed by atoms with Gasteiger partial charge in [0.2, 0.25) is 0 Å². The summed E-state index contributed by atoms with van der Waals surface area (Å²) < 4.78 is 10.3. The molecule has 1 aromatic heterocycles. The van der Waals surface area contributed by atoms with E-state index in [-0.39, 0.29) is 24.1 Å². The van der Waals surface area contributed by atoms with E-state index in [1.165, 1.54) is 23.3 Å². The molecule has 116 valence electrons. The number of fused-ring (bicyclic) bond motifs is 1. The number of aryl methyl sites for hydroxylation is 1. The monoisotopic (exact) mass is 311 g/mol. The van der Waals surface area contributed by atoms with E-state index in [1.807, 2.05) is 20.8 Å². The second-order valence-corrected chi connectivity index (χ2v) is 7.11. The van der Waals surface area contributed by atoms with Crippen LogP contribution in [0.5, 0.6) is 0 Å². The van der Waals surface area contributed by atoms with Crippen LogP contribution >= 0.6 is 11.3 Å². The number of carbonyl (C=O) groups is 2. The van der Waals surface area contributed by atoms with E-state index < -0.39 is 0 Å². The Morgan fingerprint density at radius 2 is 2.00 bits per heavy atom. The third-order valence-corrected chi connectivity index (χ3v) is 4.41. The van der Waals surface area contributed by atoms with Gasteiger partial charge in [0, 0.05) is 4.88 Å². The number of anilines is 1. The first-order valence-electron chi connectivity index (χ1n) is 6.98. The molecular weight excluding hydrogens is 290 g/mol. The van der Waals surface area contributed by atoms with Gasteiger partial charge in [-0.15, -0.1) is 11.3 Å². The number of hydrogen-bond donors (Lipinski definition) is 1. The SMILES string of the molecule is COC(=O)c1c(NC(=O)COC(C)(C)C)sc2c1CCC2. The lowest BCUT2D eigenvalue weighted by Crippen LogP contribution is -2.27. The Bertz CT molecular complexity index is 557. The summed E-state index contributed by atoms with van der Waals surface area (Å²) in [5, 5.41) is 3.36. The fourth-order valence-corrected chi connectivity index (χ4v) is 3.55. The maximum Gasteiger partial charge on any atom is 0.341 e. The molecule has 0 spiro atoms. The Balaban J connectivity index is 2.13. The van der Waals surface area contributed by atoms with Gasteiger partial charge in [0.1, 0.15) is 11.6 Å². The Hall–Kier alpha value is -1.40. The lowest BCUT2D eigenvalue weighted by Gasteiger charge is -2.18. The number of nitrogens with one attached hydrogen (secondary N) is 1. The van der Waals surface area contributed by atoms with Crippen molar-refractivity contribution >= 4 is 28.2 Å². The van der Waals surface area contributed by atoms with Crippen LogP contribution in [0.4, 0.5) is 5.00 Å². The van der Waals surface area contributed by atoms with Crippen molar-refractivity contribution in [2.24, 2.45) is 0 Å². The maximum atomic E-state index is 12.0. The Labute approximate surface area is 128 Å². The molecule has 21 heavy (non-hydrogen) atoms. The molecule has 1 aromatic rings. The molecule has 0 fully saturated rings. The third kappa shape index (κ3) is 3.83. The summed E-state index contributed by atoms with van der Waals surface area (Å²) in [6.45, 7) is 5.63. The fraction of sp³-hybridized carbons (Fsp3) is 0.600. The third-order valence-electron chi connectivity index (χ3n) is 3.20. The van der Waals surface area contributed by atoms with Crippen molar-refractivity contribution in [2.45, 2.75) is 45.6 Å². The van der Waals surface area contributed by atoms with Gasteiger partial charge in [-0.3, -0.25) is 4.79 Å². The van der Waals surface area contributed by atoms with Crippen LogP contribution in [0.15, 0.2) is 0 Å². The van der Waals surface area contributed by atoms with Crippen molar-refractivity contribution in [1.82, 2.24) is 0 Å². The smallest absolute Gasteiger partial charge is 0.341 e. The molecule has 1 amide bonds. The number of hydrogen-bond acceptors (Lipinski definition) is 5. The Morgan fingerprint density at radius 3 is 2.62 bits per heavy atom. The summed E-state index contributed by atoms with van der Waals surface area (Å²) in [4.78, 5) is 25.1. The van der Waals surface area contributed by atoms with Crippen LogP contribution in [0.25, 0.3) is 0 Å². The summed E-state index contributed by atoms with van der Waals surface area (Å²) in [7, 11) is 1.36. The normalized spacial score (nSPS) is 13.9. The molecule has 0 atom stereocenters. The van der Waals surface area contributed by atoms with Gasteiger partial charge in [-0.25, -0.2) is 4.79 Å². The molecule has 0 unspecified atom stereocenters. The molecule has 0 bridgehead atoms. The van der Waals surface area contributed by atoms with Gasteiger partial charge in [-0.1, -0.05) is 0 Å². The molecule has 0 radical (unpaired) electrons. The lowest BCUT2D eigenvalue weighted by molar-refractivity contribution is -0.125. The zero-order valence-corrected chi connectivity index (χ0v) is 13.7. The van der Waals surface area contributed by atoms with Crippen LogP contribution in [-0.2, 0) is 27.1 Å². The zero-order chi connectivity index (χ0) is 15.6. The van der Waals surface area contributed by atoms with E-state index in [0.717, 1.165) is 24.8 Å². The van der Waals surface area contributed by atoms with Crippen LogP contribution in [0.2, 0.25) is 0 Å². The molecule has 0 aliphatic heterocycles. The Morgan fingerprint density at radius 1 is 1.29 bits per heavy atom. The standard InChI is InChI=1S/C15H21NO4S/c1-15(2,3)20-8-11(17)16-13-12(14(18)19-4)9-6-5-7-10(9)21-13/h5-8H2,1-4H3,(H,16,17). The highest BCUT2D eigenvalue weighted by Crippen LogP contribution is 2.39. The molecule has 2 rings (SSSR count). The number of rotatable bonds is 4. The highest BCUT2D eigenvalue weighted by atomic mass is 32.1. The minimum absolute atomic E-state index is 0.0350. The summed E-state index contributed by atoms with van der Waals surface area (Å²) in [5.74, 6) is -0.642. The Kier molecular flexibility index (Phi) is 4.68. The summed E-state index contributed by atoms with van der Waals surface area (Å²) >= 11 is 1.47. The molecule has 0 saturated carbocycles. The highest BCUT2D eigenvalue weighted by Gasteiger charge is 2.28. The van der Waals surface area contributed by atoms with Gasteiger partial charge in [-0.2, -0.15) is 0 Å². The minimum atomic E-state index is -0.388. The first kappa shape index (κ1) is 16.0. The molecule has 6 heteroatoms. The molecule has 0 saturated heterocycles. The van der Waals surface area contributed by atoms with Crippen molar-refractivity contribution in [2.75, 3.05) is 19.0 Å². The predicted octanol–water partition coefficient (Wildman–Crippen LogP) is 2.78. The van der Waals surface area contributed by atoms with Gasteiger partial charge in [0.25, 0.3) is 5.91 Å². The molecule has 5 nitrogen and oxygen atoms in total. The van der Waals surface area contributed by atoms with Crippen molar-refractivity contribution in [3.63, 3.8) is 0 Å². The van der Waals surface area contributed by atoms with E-state index >= 15 is 0 Å². The summed E-state index contributed by atoms with van der Waals surface area (Å²) in [6.07, 6.45) is 2.87. The molecular formula is C15H21NO4S. The van der Waals surface area contributed by atoms with Gasteiger partial charge >= 0.3 is 5.97 Å². The average molecular weight is 311 g/mol. The van der Waals surface area contributed by atoms with Crippen LogP contribution in [-0.4, -0.2) is 31.2 Å². The number of ether oxygens (including phenoxy) is 2. The molecule has 1 aliphatic rings. The minimum Gasteiger partial charge on any atom is -0.465 e. The van der Waals surface area contributed by atoms with Crippen molar-refractivity contribution in [3.8, 4) is 0 Å². The van der Waals surface area contributed by atoms with E-state index in [4.69, 9.17) is 9.47 Å². The van der Waals surface area contributed by atoms with E-state index in [9.17, 15) is 9.59 Å². The van der Waals surface area contributed by atoms with Crippen molar-refractivity contribution in [1.29, 1.82) is 0 Å².